The van der Waals surface area contributed by atoms with Crippen molar-refractivity contribution >= 4 is 18.3 Å². The van der Waals surface area contributed by atoms with Gasteiger partial charge in [0.25, 0.3) is 0 Å². The fourth-order valence-electron chi connectivity index (χ4n) is 2.57. The predicted molar refractivity (Wildman–Crippen MR) is 80.5 cm³/mol. The van der Waals surface area contributed by atoms with Crippen molar-refractivity contribution in [3.63, 3.8) is 0 Å². The zero-order valence-corrected chi connectivity index (χ0v) is 12.8. The highest BCUT2D eigenvalue weighted by Gasteiger charge is 2.21. The number of halogens is 3. The Hall–Kier alpha value is -1.20. The Morgan fingerprint density at radius 2 is 2.24 bits per heavy atom. The lowest BCUT2D eigenvalue weighted by Crippen LogP contribution is -2.45. The molecule has 118 valence electrons. The second-order valence-electron chi connectivity index (χ2n) is 5.38. The summed E-state index contributed by atoms with van der Waals surface area (Å²) in [6.45, 7) is 3.89. The third kappa shape index (κ3) is 5.25. The van der Waals surface area contributed by atoms with E-state index in [9.17, 15) is 13.6 Å². The number of hydrogen-bond acceptors (Lipinski definition) is 2. The molecule has 1 amide bonds. The number of amides is 1. The molecule has 2 rings (SSSR count). The van der Waals surface area contributed by atoms with E-state index in [4.69, 9.17) is 0 Å². The van der Waals surface area contributed by atoms with Crippen molar-refractivity contribution in [2.24, 2.45) is 5.92 Å². The normalized spacial score (nSPS) is 19.5. The van der Waals surface area contributed by atoms with E-state index in [1.54, 1.807) is 0 Å². The minimum Gasteiger partial charge on any atom is -0.353 e. The van der Waals surface area contributed by atoms with Gasteiger partial charge < -0.3 is 10.6 Å². The molecule has 2 unspecified atom stereocenters. The Balaban J connectivity index is 0.00000220. The van der Waals surface area contributed by atoms with Crippen LogP contribution in [0.3, 0.4) is 0 Å². The number of hydrogen-bond donors (Lipinski definition) is 2. The molecule has 1 aromatic rings. The van der Waals surface area contributed by atoms with E-state index in [1.807, 2.05) is 6.92 Å². The highest BCUT2D eigenvalue weighted by Crippen LogP contribution is 2.15. The highest BCUT2D eigenvalue weighted by atomic mass is 35.5. The van der Waals surface area contributed by atoms with E-state index in [0.717, 1.165) is 32.0 Å². The van der Waals surface area contributed by atoms with Crippen LogP contribution in [0.15, 0.2) is 18.2 Å². The molecule has 1 aliphatic rings. The van der Waals surface area contributed by atoms with Crippen molar-refractivity contribution in [1.82, 2.24) is 10.6 Å². The van der Waals surface area contributed by atoms with Crippen molar-refractivity contribution in [3.8, 4) is 0 Å². The summed E-state index contributed by atoms with van der Waals surface area (Å²) in [6.07, 6.45) is 2.13. The second kappa shape index (κ2) is 8.29. The molecule has 1 fully saturated rings. The fourth-order valence-corrected chi connectivity index (χ4v) is 2.57. The van der Waals surface area contributed by atoms with Crippen molar-refractivity contribution in [2.45, 2.75) is 32.2 Å². The zero-order valence-electron chi connectivity index (χ0n) is 12.0. The molecule has 0 spiro atoms. The number of carbonyl (C=O) groups excluding carboxylic acids is 1. The number of rotatable bonds is 4. The van der Waals surface area contributed by atoms with E-state index < -0.39 is 11.6 Å². The Labute approximate surface area is 129 Å². The molecule has 0 bridgehead atoms. The van der Waals surface area contributed by atoms with Gasteiger partial charge in [0.15, 0.2) is 0 Å². The molecular formula is C15H21ClF2N2O. The lowest BCUT2D eigenvalue weighted by Gasteiger charge is -2.29. The van der Waals surface area contributed by atoms with Gasteiger partial charge in [0, 0.05) is 12.1 Å². The number of carbonyl (C=O) groups is 1. The van der Waals surface area contributed by atoms with Crippen LogP contribution in [0.4, 0.5) is 8.78 Å². The smallest absolute Gasteiger partial charge is 0.224 e. The van der Waals surface area contributed by atoms with Gasteiger partial charge >= 0.3 is 0 Å². The van der Waals surface area contributed by atoms with E-state index >= 15 is 0 Å². The molecule has 2 N–H and O–H groups in total. The van der Waals surface area contributed by atoms with Crippen molar-refractivity contribution in [3.05, 3.63) is 35.4 Å². The SMILES string of the molecule is CC(NC(=O)Cc1ccc(F)cc1F)C1CCCNC1.Cl. The molecule has 1 saturated heterocycles. The summed E-state index contributed by atoms with van der Waals surface area (Å²) in [6, 6.07) is 3.34. The minimum absolute atomic E-state index is 0. The quantitative estimate of drug-likeness (QED) is 0.895. The first-order valence-electron chi connectivity index (χ1n) is 7.00. The van der Waals surface area contributed by atoms with Crippen LogP contribution >= 0.6 is 12.4 Å². The zero-order chi connectivity index (χ0) is 14.5. The van der Waals surface area contributed by atoms with Crippen LogP contribution in [0.5, 0.6) is 0 Å². The summed E-state index contributed by atoms with van der Waals surface area (Å²) in [4.78, 5) is 11.9. The first-order valence-corrected chi connectivity index (χ1v) is 7.00. The van der Waals surface area contributed by atoms with Crippen molar-refractivity contribution in [1.29, 1.82) is 0 Å². The molecular weight excluding hydrogens is 298 g/mol. The molecule has 6 heteroatoms. The monoisotopic (exact) mass is 318 g/mol. The van der Waals surface area contributed by atoms with Gasteiger partial charge in [-0.1, -0.05) is 6.07 Å². The molecule has 0 radical (unpaired) electrons. The maximum atomic E-state index is 13.5. The standard InChI is InChI=1S/C15H20F2N2O.ClH/c1-10(12-3-2-6-18-9-12)19-15(20)7-11-4-5-13(16)8-14(11)17;/h4-5,8,10,12,18H,2-3,6-7,9H2,1H3,(H,19,20);1H. The van der Waals surface area contributed by atoms with E-state index in [1.165, 1.54) is 12.1 Å². The van der Waals surface area contributed by atoms with Crippen LogP contribution in [0.25, 0.3) is 0 Å². The lowest BCUT2D eigenvalue weighted by molar-refractivity contribution is -0.121. The van der Waals surface area contributed by atoms with E-state index in [-0.39, 0.29) is 36.3 Å². The summed E-state index contributed by atoms with van der Waals surface area (Å²) < 4.78 is 26.3. The first kappa shape index (κ1) is 17.9. The fraction of sp³-hybridized carbons (Fsp3) is 0.533. The topological polar surface area (TPSA) is 41.1 Å². The van der Waals surface area contributed by atoms with Crippen LogP contribution in [0, 0.1) is 17.6 Å². The summed E-state index contributed by atoms with van der Waals surface area (Å²) in [5.41, 5.74) is 0.220. The van der Waals surface area contributed by atoms with Crippen LogP contribution in [-0.4, -0.2) is 25.0 Å². The highest BCUT2D eigenvalue weighted by molar-refractivity contribution is 5.85. The summed E-state index contributed by atoms with van der Waals surface area (Å²) in [5, 5.41) is 6.20. The van der Waals surface area contributed by atoms with Crippen LogP contribution in [-0.2, 0) is 11.2 Å². The van der Waals surface area contributed by atoms with Gasteiger partial charge in [0.05, 0.1) is 6.42 Å². The Bertz CT molecular complexity index is 479. The molecule has 2 atom stereocenters. The maximum absolute atomic E-state index is 13.5. The summed E-state index contributed by atoms with van der Waals surface area (Å²) in [7, 11) is 0. The van der Waals surface area contributed by atoms with Crippen LogP contribution in [0.1, 0.15) is 25.3 Å². The molecule has 3 nitrogen and oxygen atoms in total. The Morgan fingerprint density at radius 3 is 2.86 bits per heavy atom. The average Bonchev–Trinajstić information content (AvgIpc) is 2.43. The van der Waals surface area contributed by atoms with Gasteiger partial charge in [0.1, 0.15) is 11.6 Å². The third-order valence-electron chi connectivity index (χ3n) is 3.80. The van der Waals surface area contributed by atoms with Gasteiger partial charge in [-0.05, 0) is 50.4 Å². The maximum Gasteiger partial charge on any atom is 0.224 e. The lowest BCUT2D eigenvalue weighted by atomic mass is 9.92. The van der Waals surface area contributed by atoms with E-state index in [0.29, 0.717) is 5.92 Å². The van der Waals surface area contributed by atoms with Crippen LogP contribution < -0.4 is 10.6 Å². The Morgan fingerprint density at radius 1 is 1.48 bits per heavy atom. The van der Waals surface area contributed by atoms with Gasteiger partial charge in [-0.25, -0.2) is 8.78 Å². The Kier molecular flexibility index (Phi) is 7.05. The average molecular weight is 319 g/mol. The van der Waals surface area contributed by atoms with Gasteiger partial charge in [-0.3, -0.25) is 4.79 Å². The number of benzene rings is 1. The summed E-state index contributed by atoms with van der Waals surface area (Å²) in [5.74, 6) is -1.13. The summed E-state index contributed by atoms with van der Waals surface area (Å²) >= 11 is 0. The number of piperidine rings is 1. The van der Waals surface area contributed by atoms with Crippen LogP contribution in [0.2, 0.25) is 0 Å². The molecule has 0 saturated carbocycles. The second-order valence-corrected chi connectivity index (χ2v) is 5.38. The molecule has 0 aliphatic carbocycles. The van der Waals surface area contributed by atoms with Crippen molar-refractivity contribution in [2.75, 3.05) is 13.1 Å². The van der Waals surface area contributed by atoms with Gasteiger partial charge in [-0.2, -0.15) is 0 Å². The van der Waals surface area contributed by atoms with E-state index in [2.05, 4.69) is 10.6 Å². The van der Waals surface area contributed by atoms with Gasteiger partial charge in [-0.15, -0.1) is 12.4 Å². The molecule has 1 aromatic carbocycles. The first-order chi connectivity index (χ1) is 9.56. The molecule has 1 aliphatic heterocycles. The number of nitrogens with one attached hydrogen (secondary N) is 2. The van der Waals surface area contributed by atoms with Gasteiger partial charge in [0.2, 0.25) is 5.91 Å². The minimum atomic E-state index is -0.674. The predicted octanol–water partition coefficient (Wildman–Crippen LogP) is 2.43. The van der Waals surface area contributed by atoms with Crippen molar-refractivity contribution < 1.29 is 13.6 Å². The largest absolute Gasteiger partial charge is 0.353 e. The molecule has 21 heavy (non-hydrogen) atoms. The molecule has 0 aromatic heterocycles. The third-order valence-corrected chi connectivity index (χ3v) is 3.80. The molecule has 1 heterocycles.